The van der Waals surface area contributed by atoms with E-state index in [1.54, 1.807) is 17.0 Å². The normalized spacial score (nSPS) is 25.4. The molecule has 3 nitrogen and oxygen atoms in total. The molecule has 160 valence electrons. The van der Waals surface area contributed by atoms with Gasteiger partial charge in [-0.1, -0.05) is 24.3 Å². The van der Waals surface area contributed by atoms with Crippen molar-refractivity contribution in [1.82, 2.24) is 4.90 Å². The van der Waals surface area contributed by atoms with Gasteiger partial charge in [0.1, 0.15) is 5.60 Å². The highest BCUT2D eigenvalue weighted by molar-refractivity contribution is 5.68. The minimum absolute atomic E-state index is 0.168. The predicted molar refractivity (Wildman–Crippen MR) is 105 cm³/mol. The molecule has 29 heavy (non-hydrogen) atoms. The van der Waals surface area contributed by atoms with E-state index in [1.807, 2.05) is 32.9 Å². The largest absolute Gasteiger partial charge is 0.444 e. The number of halogens is 3. The van der Waals surface area contributed by atoms with Crippen LogP contribution in [0.2, 0.25) is 0 Å². The predicted octanol–water partition coefficient (Wildman–Crippen LogP) is 6.18. The molecule has 0 N–H and O–H groups in total. The summed E-state index contributed by atoms with van der Waals surface area (Å²) in [5, 5.41) is 0. The molecule has 1 heterocycles. The summed E-state index contributed by atoms with van der Waals surface area (Å²) in [6.45, 7) is 6.97. The lowest BCUT2D eigenvalue weighted by molar-refractivity contribution is -0.160. The quantitative estimate of drug-likeness (QED) is 0.584. The molecule has 1 aliphatic heterocycles. The Morgan fingerprint density at radius 3 is 2.00 bits per heavy atom. The van der Waals surface area contributed by atoms with Crippen molar-refractivity contribution in [2.45, 2.75) is 82.4 Å². The second-order valence-corrected chi connectivity index (χ2v) is 10.1. The molecule has 4 rings (SSSR count). The van der Waals surface area contributed by atoms with Crippen molar-refractivity contribution < 1.29 is 22.7 Å². The third-order valence-corrected chi connectivity index (χ3v) is 7.24. The van der Waals surface area contributed by atoms with Crippen molar-refractivity contribution in [2.24, 2.45) is 5.41 Å². The maximum atomic E-state index is 13.4. The maximum Gasteiger partial charge on any atom is 0.410 e. The Kier molecular flexibility index (Phi) is 4.71. The first-order chi connectivity index (χ1) is 13.5. The van der Waals surface area contributed by atoms with Crippen molar-refractivity contribution in [2.75, 3.05) is 13.1 Å². The zero-order chi connectivity index (χ0) is 21.1. The third-order valence-electron chi connectivity index (χ3n) is 7.24. The van der Waals surface area contributed by atoms with Crippen LogP contribution in [-0.4, -0.2) is 35.9 Å². The minimum atomic E-state index is -4.17. The van der Waals surface area contributed by atoms with Gasteiger partial charge < -0.3 is 9.64 Å². The summed E-state index contributed by atoms with van der Waals surface area (Å²) < 4.78 is 45.6. The SMILES string of the molecule is CC(C)(C)OC(=O)N1CCC2(CCC2c2ccc(C3(C(F)(F)F)CC3)cc2)CC1. The van der Waals surface area contributed by atoms with Crippen molar-refractivity contribution in [3.05, 3.63) is 35.4 Å². The molecule has 0 bridgehead atoms. The van der Waals surface area contributed by atoms with E-state index in [2.05, 4.69) is 0 Å². The Labute approximate surface area is 170 Å². The average molecular weight is 409 g/mol. The number of benzene rings is 1. The van der Waals surface area contributed by atoms with Crippen molar-refractivity contribution in [3.63, 3.8) is 0 Å². The molecule has 1 amide bonds. The number of alkyl halides is 3. The van der Waals surface area contributed by atoms with Gasteiger partial charge in [-0.3, -0.25) is 0 Å². The van der Waals surface area contributed by atoms with Gasteiger partial charge in [-0.05, 0) is 81.8 Å². The molecule has 3 aliphatic rings. The zero-order valence-corrected chi connectivity index (χ0v) is 17.4. The number of piperidine rings is 1. The molecule has 1 unspecified atom stereocenters. The first-order valence-electron chi connectivity index (χ1n) is 10.6. The molecule has 1 saturated heterocycles. The number of rotatable bonds is 2. The number of carbonyl (C=O) groups excluding carboxylic acids is 1. The summed E-state index contributed by atoms with van der Waals surface area (Å²) in [6, 6.07) is 7.20. The number of amides is 1. The molecule has 0 aromatic heterocycles. The summed E-state index contributed by atoms with van der Waals surface area (Å²) in [6.07, 6.45) is 0.00349. The second-order valence-electron chi connectivity index (χ2n) is 10.1. The molecule has 1 aromatic rings. The van der Waals surface area contributed by atoms with Crippen LogP contribution in [0.4, 0.5) is 18.0 Å². The van der Waals surface area contributed by atoms with Crippen LogP contribution in [0.5, 0.6) is 0 Å². The van der Waals surface area contributed by atoms with E-state index in [9.17, 15) is 18.0 Å². The Morgan fingerprint density at radius 1 is 1.00 bits per heavy atom. The summed E-state index contributed by atoms with van der Waals surface area (Å²) in [7, 11) is 0. The van der Waals surface area contributed by atoms with Crippen LogP contribution in [0.25, 0.3) is 0 Å². The van der Waals surface area contributed by atoms with Crippen molar-refractivity contribution in [3.8, 4) is 0 Å². The van der Waals surface area contributed by atoms with Crippen LogP contribution in [0.1, 0.15) is 76.3 Å². The molecule has 3 fully saturated rings. The topological polar surface area (TPSA) is 29.5 Å². The highest BCUT2D eigenvalue weighted by Gasteiger charge is 2.64. The van der Waals surface area contributed by atoms with Crippen LogP contribution in [-0.2, 0) is 10.2 Å². The molecule has 0 radical (unpaired) electrons. The fraction of sp³-hybridized carbons (Fsp3) is 0.696. The van der Waals surface area contributed by atoms with Gasteiger partial charge in [0.2, 0.25) is 0 Å². The van der Waals surface area contributed by atoms with Gasteiger partial charge in [-0.2, -0.15) is 13.2 Å². The molecule has 6 heteroatoms. The zero-order valence-electron chi connectivity index (χ0n) is 17.4. The number of likely N-dealkylation sites (tertiary alicyclic amines) is 1. The minimum Gasteiger partial charge on any atom is -0.444 e. The fourth-order valence-corrected chi connectivity index (χ4v) is 5.17. The number of hydrogen-bond acceptors (Lipinski definition) is 2. The van der Waals surface area contributed by atoms with E-state index < -0.39 is 17.2 Å². The van der Waals surface area contributed by atoms with Gasteiger partial charge in [0.25, 0.3) is 0 Å². The first kappa shape index (κ1) is 20.5. The molecular formula is C23H30F3NO2. The van der Waals surface area contributed by atoms with Gasteiger partial charge >= 0.3 is 12.3 Å². The number of hydrogen-bond donors (Lipinski definition) is 0. The molecule has 2 aliphatic carbocycles. The second kappa shape index (κ2) is 6.64. The van der Waals surface area contributed by atoms with E-state index in [-0.39, 0.29) is 24.3 Å². The van der Waals surface area contributed by atoms with Gasteiger partial charge in [0.15, 0.2) is 0 Å². The summed E-state index contributed by atoms with van der Waals surface area (Å²) in [5.41, 5.74) is -0.392. The summed E-state index contributed by atoms with van der Waals surface area (Å²) in [4.78, 5) is 14.1. The highest BCUT2D eigenvalue weighted by atomic mass is 19.4. The highest BCUT2D eigenvalue weighted by Crippen LogP contribution is 2.61. The number of carbonyl (C=O) groups is 1. The van der Waals surface area contributed by atoms with E-state index in [1.165, 1.54) is 0 Å². The Bertz CT molecular complexity index is 767. The Hall–Kier alpha value is -1.72. The van der Waals surface area contributed by atoms with Crippen molar-refractivity contribution >= 4 is 6.09 Å². The molecule has 1 aromatic carbocycles. The van der Waals surface area contributed by atoms with E-state index in [0.717, 1.165) is 31.2 Å². The number of ether oxygens (including phenoxy) is 1. The van der Waals surface area contributed by atoms with Crippen LogP contribution < -0.4 is 0 Å². The van der Waals surface area contributed by atoms with E-state index in [0.29, 0.717) is 24.6 Å². The summed E-state index contributed by atoms with van der Waals surface area (Å²) >= 11 is 0. The van der Waals surface area contributed by atoms with Gasteiger partial charge in [-0.25, -0.2) is 4.79 Å². The van der Waals surface area contributed by atoms with Crippen LogP contribution in [0.15, 0.2) is 24.3 Å². The lowest BCUT2D eigenvalue weighted by Crippen LogP contribution is -2.50. The summed E-state index contributed by atoms with van der Waals surface area (Å²) in [5.74, 6) is 0.373. The monoisotopic (exact) mass is 409 g/mol. The van der Waals surface area contributed by atoms with Gasteiger partial charge in [0.05, 0.1) is 5.41 Å². The molecule has 1 spiro atoms. The lowest BCUT2D eigenvalue weighted by Gasteiger charge is -2.54. The van der Waals surface area contributed by atoms with E-state index >= 15 is 0 Å². The van der Waals surface area contributed by atoms with Crippen molar-refractivity contribution in [1.29, 1.82) is 0 Å². The van der Waals surface area contributed by atoms with Gasteiger partial charge in [0, 0.05) is 13.1 Å². The Morgan fingerprint density at radius 2 is 1.59 bits per heavy atom. The Balaban J connectivity index is 1.41. The standard InChI is InChI=1S/C23H30F3NO2/c1-20(2,3)29-19(28)27-14-12-21(13-15-27)9-8-18(21)16-4-6-17(7-5-16)22(10-11-22)23(24,25)26/h4-7,18H,8-15H2,1-3H3. The molecule has 1 atom stereocenters. The molecule has 2 saturated carbocycles. The third kappa shape index (κ3) is 3.64. The lowest BCUT2D eigenvalue weighted by atomic mass is 9.53. The fourth-order valence-electron chi connectivity index (χ4n) is 5.17. The van der Waals surface area contributed by atoms with Crippen LogP contribution >= 0.6 is 0 Å². The number of nitrogens with zero attached hydrogens (tertiary/aromatic N) is 1. The first-order valence-corrected chi connectivity index (χ1v) is 10.6. The maximum absolute atomic E-state index is 13.4. The van der Waals surface area contributed by atoms with Crippen LogP contribution in [0, 0.1) is 5.41 Å². The van der Waals surface area contributed by atoms with E-state index in [4.69, 9.17) is 4.74 Å². The van der Waals surface area contributed by atoms with Crippen LogP contribution in [0.3, 0.4) is 0 Å². The molecular weight excluding hydrogens is 379 g/mol. The average Bonchev–Trinajstić information content (AvgIpc) is 3.42. The van der Waals surface area contributed by atoms with Gasteiger partial charge in [-0.15, -0.1) is 0 Å². The smallest absolute Gasteiger partial charge is 0.410 e.